The fourth-order valence-corrected chi connectivity index (χ4v) is 2.45. The molecular formula is C12H11N5S. The molecule has 90 valence electrons. The monoisotopic (exact) mass is 257 g/mol. The zero-order chi connectivity index (χ0) is 12.5. The summed E-state index contributed by atoms with van der Waals surface area (Å²) in [6.45, 7) is 0. The van der Waals surface area contributed by atoms with E-state index in [0.29, 0.717) is 5.82 Å². The molecule has 0 fully saturated rings. The van der Waals surface area contributed by atoms with Gasteiger partial charge in [0.05, 0.1) is 16.0 Å². The molecule has 18 heavy (non-hydrogen) atoms. The van der Waals surface area contributed by atoms with E-state index in [0.717, 1.165) is 21.7 Å². The van der Waals surface area contributed by atoms with Gasteiger partial charge in [-0.3, -0.25) is 14.6 Å². The van der Waals surface area contributed by atoms with Gasteiger partial charge in [-0.2, -0.15) is 5.10 Å². The van der Waals surface area contributed by atoms with Gasteiger partial charge in [-0.25, -0.2) is 0 Å². The summed E-state index contributed by atoms with van der Waals surface area (Å²) in [6, 6.07) is 3.86. The van der Waals surface area contributed by atoms with Gasteiger partial charge in [0.15, 0.2) is 0 Å². The van der Waals surface area contributed by atoms with Crippen molar-refractivity contribution in [2.24, 2.45) is 7.05 Å². The lowest BCUT2D eigenvalue weighted by Gasteiger charge is -2.01. The molecule has 0 saturated carbocycles. The highest BCUT2D eigenvalue weighted by atomic mass is 32.1. The topological polar surface area (TPSA) is 69.6 Å². The molecule has 0 aliphatic rings. The molecule has 0 atom stereocenters. The summed E-state index contributed by atoms with van der Waals surface area (Å²) < 4.78 is 1.68. The van der Waals surface area contributed by atoms with Crippen molar-refractivity contribution in [2.45, 2.75) is 0 Å². The summed E-state index contributed by atoms with van der Waals surface area (Å²) in [5.74, 6) is 0.631. The Morgan fingerprint density at radius 1 is 1.28 bits per heavy atom. The van der Waals surface area contributed by atoms with Gasteiger partial charge in [-0.15, -0.1) is 11.3 Å². The van der Waals surface area contributed by atoms with E-state index < -0.39 is 0 Å². The second kappa shape index (κ2) is 4.23. The van der Waals surface area contributed by atoms with E-state index in [1.54, 1.807) is 40.1 Å². The highest BCUT2D eigenvalue weighted by Crippen LogP contribution is 2.36. The number of hydrogen-bond donors (Lipinski definition) is 1. The van der Waals surface area contributed by atoms with Crippen molar-refractivity contribution in [3.05, 3.63) is 36.2 Å². The summed E-state index contributed by atoms with van der Waals surface area (Å²) >= 11 is 1.54. The lowest BCUT2D eigenvalue weighted by atomic mass is 10.1. The minimum Gasteiger partial charge on any atom is -0.383 e. The molecule has 3 aromatic rings. The fourth-order valence-electron chi connectivity index (χ4n) is 1.84. The molecule has 5 nitrogen and oxygen atoms in total. The van der Waals surface area contributed by atoms with Crippen LogP contribution in [0.15, 0.2) is 36.2 Å². The normalized spacial score (nSPS) is 10.7. The van der Waals surface area contributed by atoms with Crippen LogP contribution in [0.2, 0.25) is 0 Å². The third kappa shape index (κ3) is 1.67. The minimum atomic E-state index is 0.631. The molecule has 0 amide bonds. The molecule has 0 spiro atoms. The maximum absolute atomic E-state index is 6.10. The fraction of sp³-hybridized carbons (Fsp3) is 0.0833. The van der Waals surface area contributed by atoms with Gasteiger partial charge in [-0.05, 0) is 6.07 Å². The van der Waals surface area contributed by atoms with Crippen LogP contribution >= 0.6 is 11.3 Å². The van der Waals surface area contributed by atoms with E-state index in [4.69, 9.17) is 5.73 Å². The Balaban J connectivity index is 2.26. The number of anilines is 1. The average Bonchev–Trinajstić information content (AvgIpc) is 3.00. The van der Waals surface area contributed by atoms with Gasteiger partial charge in [0.1, 0.15) is 11.5 Å². The molecule has 0 bridgehead atoms. The zero-order valence-corrected chi connectivity index (χ0v) is 10.6. The van der Waals surface area contributed by atoms with Crippen LogP contribution in [0.4, 0.5) is 5.82 Å². The van der Waals surface area contributed by atoms with Gasteiger partial charge in [0.25, 0.3) is 0 Å². The van der Waals surface area contributed by atoms with Crippen LogP contribution in [0.1, 0.15) is 0 Å². The van der Waals surface area contributed by atoms with Crippen molar-refractivity contribution in [3.63, 3.8) is 0 Å². The summed E-state index contributed by atoms with van der Waals surface area (Å²) in [5.41, 5.74) is 10.6. The largest absolute Gasteiger partial charge is 0.383 e. The van der Waals surface area contributed by atoms with E-state index in [1.165, 1.54) is 0 Å². The first kappa shape index (κ1) is 10.9. The Bertz CT molecular complexity index is 657. The lowest BCUT2D eigenvalue weighted by molar-refractivity contribution is 0.783. The van der Waals surface area contributed by atoms with Crippen LogP contribution in [0.3, 0.4) is 0 Å². The Labute approximate surface area is 108 Å². The van der Waals surface area contributed by atoms with Crippen LogP contribution in [0, 0.1) is 0 Å². The lowest BCUT2D eigenvalue weighted by Crippen LogP contribution is -1.98. The molecule has 0 saturated heterocycles. The first-order chi connectivity index (χ1) is 8.77. The van der Waals surface area contributed by atoms with E-state index in [2.05, 4.69) is 15.1 Å². The number of nitrogens with zero attached hydrogens (tertiary/aromatic N) is 4. The molecule has 2 N–H and O–H groups in total. The molecule has 0 unspecified atom stereocenters. The van der Waals surface area contributed by atoms with E-state index in [1.807, 2.05) is 19.2 Å². The number of hydrogen-bond acceptors (Lipinski definition) is 5. The molecule has 0 aromatic carbocycles. The third-order valence-corrected chi connectivity index (χ3v) is 3.49. The first-order valence-electron chi connectivity index (χ1n) is 5.39. The van der Waals surface area contributed by atoms with Crippen LogP contribution < -0.4 is 5.73 Å². The Morgan fingerprint density at radius 3 is 2.83 bits per heavy atom. The van der Waals surface area contributed by atoms with Crippen molar-refractivity contribution in [3.8, 4) is 21.7 Å². The molecule has 0 aliphatic heterocycles. The number of rotatable bonds is 2. The van der Waals surface area contributed by atoms with Crippen LogP contribution in [-0.4, -0.2) is 19.7 Å². The van der Waals surface area contributed by atoms with Crippen LogP contribution in [-0.2, 0) is 7.05 Å². The average molecular weight is 257 g/mol. The van der Waals surface area contributed by atoms with E-state index in [9.17, 15) is 0 Å². The van der Waals surface area contributed by atoms with Crippen molar-refractivity contribution in [1.29, 1.82) is 0 Å². The van der Waals surface area contributed by atoms with Gasteiger partial charge in [-0.1, -0.05) is 6.07 Å². The third-order valence-electron chi connectivity index (χ3n) is 2.71. The van der Waals surface area contributed by atoms with Crippen LogP contribution in [0.25, 0.3) is 21.7 Å². The number of aromatic nitrogens is 4. The second-order valence-corrected chi connectivity index (χ2v) is 4.73. The Kier molecular flexibility index (Phi) is 2.56. The molecule has 3 aromatic heterocycles. The minimum absolute atomic E-state index is 0.631. The summed E-state index contributed by atoms with van der Waals surface area (Å²) in [5, 5.41) is 4.46. The van der Waals surface area contributed by atoms with E-state index in [-0.39, 0.29) is 0 Å². The standard InChI is InChI=1S/C12H11N5S/c1-17-12(13)10(8-3-2-4-14-5-8)11(16-17)9-6-15-7-18-9/h2-7H,13H2,1H3. The Hall–Kier alpha value is -2.21. The molecular weight excluding hydrogens is 246 g/mol. The van der Waals surface area contributed by atoms with Crippen molar-refractivity contribution < 1.29 is 0 Å². The maximum atomic E-state index is 6.10. The van der Waals surface area contributed by atoms with Gasteiger partial charge in [0, 0.05) is 31.2 Å². The SMILES string of the molecule is Cn1nc(-c2cncs2)c(-c2cccnc2)c1N. The zero-order valence-electron chi connectivity index (χ0n) is 9.74. The predicted molar refractivity (Wildman–Crippen MR) is 72.0 cm³/mol. The maximum Gasteiger partial charge on any atom is 0.130 e. The van der Waals surface area contributed by atoms with Gasteiger partial charge >= 0.3 is 0 Å². The van der Waals surface area contributed by atoms with Crippen LogP contribution in [0.5, 0.6) is 0 Å². The first-order valence-corrected chi connectivity index (χ1v) is 6.27. The van der Waals surface area contributed by atoms with Crippen molar-refractivity contribution >= 4 is 17.2 Å². The van der Waals surface area contributed by atoms with Crippen molar-refractivity contribution in [2.75, 3.05) is 5.73 Å². The van der Waals surface area contributed by atoms with E-state index >= 15 is 0 Å². The molecule has 3 heterocycles. The highest BCUT2D eigenvalue weighted by molar-refractivity contribution is 7.13. The summed E-state index contributed by atoms with van der Waals surface area (Å²) in [6.07, 6.45) is 5.33. The predicted octanol–water partition coefficient (Wildman–Crippen LogP) is 2.19. The number of nitrogens with two attached hydrogens (primary N) is 1. The highest BCUT2D eigenvalue weighted by Gasteiger charge is 2.18. The van der Waals surface area contributed by atoms with Gasteiger partial charge in [0.2, 0.25) is 0 Å². The number of aryl methyl sites for hydroxylation is 1. The molecule has 3 rings (SSSR count). The second-order valence-electron chi connectivity index (χ2n) is 3.84. The molecule has 6 heteroatoms. The smallest absolute Gasteiger partial charge is 0.130 e. The summed E-state index contributed by atoms with van der Waals surface area (Å²) in [4.78, 5) is 9.22. The molecule has 0 aliphatic carbocycles. The number of pyridine rings is 1. The Morgan fingerprint density at radius 2 is 2.17 bits per heavy atom. The number of nitrogen functional groups attached to an aromatic ring is 1. The van der Waals surface area contributed by atoms with Crippen molar-refractivity contribution in [1.82, 2.24) is 19.7 Å². The quantitative estimate of drug-likeness (QED) is 0.764. The summed E-state index contributed by atoms with van der Waals surface area (Å²) in [7, 11) is 1.83. The molecule has 0 radical (unpaired) electrons. The van der Waals surface area contributed by atoms with Gasteiger partial charge < -0.3 is 5.73 Å². The number of thiazole rings is 1.